The lowest BCUT2D eigenvalue weighted by Gasteiger charge is -1.91. The molecule has 0 atom stereocenters. The van der Waals surface area contributed by atoms with E-state index in [1.807, 2.05) is 24.4 Å². The van der Waals surface area contributed by atoms with Gasteiger partial charge in [-0.15, -0.1) is 0 Å². The molecule has 0 unspecified atom stereocenters. The number of fused-ring (bicyclic) bond motifs is 3. The first-order valence-electron chi connectivity index (χ1n) is 4.54. The Labute approximate surface area is 95.1 Å². The van der Waals surface area contributed by atoms with Crippen LogP contribution in [0.25, 0.3) is 15.2 Å². The van der Waals surface area contributed by atoms with E-state index in [0.29, 0.717) is 6.54 Å². The molecule has 2 aromatic heterocycles. The van der Waals surface area contributed by atoms with Gasteiger partial charge in [0.2, 0.25) is 0 Å². The summed E-state index contributed by atoms with van der Waals surface area (Å²) in [5.74, 6) is 0. The first-order chi connectivity index (χ1) is 7.28. The van der Waals surface area contributed by atoms with Crippen molar-refractivity contribution >= 4 is 38.1 Å². The fourth-order valence-electron chi connectivity index (χ4n) is 1.62. The molecule has 2 heterocycles. The van der Waals surface area contributed by atoms with E-state index in [1.165, 1.54) is 0 Å². The number of nitrogens with zero attached hydrogens (tertiary/aromatic N) is 2. The standard InChI is InChI=1S/C10H8ClN3S/c11-6-1-2-8-9(3-6)15-10-13-7(4-12)5-14(8)10/h1-3,5H,4,12H2. The van der Waals surface area contributed by atoms with Crippen LogP contribution in [0.1, 0.15) is 5.69 Å². The third-order valence-corrected chi connectivity index (χ3v) is 3.57. The average Bonchev–Trinajstić information content (AvgIpc) is 2.73. The smallest absolute Gasteiger partial charge is 0.194 e. The summed E-state index contributed by atoms with van der Waals surface area (Å²) in [6.45, 7) is 0.476. The van der Waals surface area contributed by atoms with Crippen molar-refractivity contribution in [1.82, 2.24) is 9.38 Å². The summed E-state index contributed by atoms with van der Waals surface area (Å²) in [4.78, 5) is 5.38. The van der Waals surface area contributed by atoms with Crippen LogP contribution in [0, 0.1) is 0 Å². The zero-order chi connectivity index (χ0) is 10.4. The van der Waals surface area contributed by atoms with Crippen LogP contribution in [0.15, 0.2) is 24.4 Å². The van der Waals surface area contributed by atoms with Crippen molar-refractivity contribution in [3.63, 3.8) is 0 Å². The molecule has 0 spiro atoms. The minimum atomic E-state index is 0.476. The highest BCUT2D eigenvalue weighted by atomic mass is 35.5. The fraction of sp³-hybridized carbons (Fsp3) is 0.100. The maximum Gasteiger partial charge on any atom is 0.194 e. The highest BCUT2D eigenvalue weighted by Gasteiger charge is 2.07. The quantitative estimate of drug-likeness (QED) is 0.707. The molecule has 0 aliphatic rings. The van der Waals surface area contributed by atoms with Gasteiger partial charge in [-0.3, -0.25) is 4.40 Å². The van der Waals surface area contributed by atoms with Gasteiger partial charge in [-0.25, -0.2) is 4.98 Å². The Morgan fingerprint density at radius 3 is 3.13 bits per heavy atom. The molecule has 76 valence electrons. The van der Waals surface area contributed by atoms with Gasteiger partial charge < -0.3 is 5.73 Å². The summed E-state index contributed by atoms with van der Waals surface area (Å²) in [5, 5.41) is 0.756. The molecule has 0 saturated heterocycles. The van der Waals surface area contributed by atoms with Crippen LogP contribution in [0.5, 0.6) is 0 Å². The topological polar surface area (TPSA) is 43.3 Å². The summed E-state index contributed by atoms with van der Waals surface area (Å²) < 4.78 is 3.20. The molecule has 3 rings (SSSR count). The Hall–Kier alpha value is -1.10. The number of nitrogens with two attached hydrogens (primary N) is 1. The average molecular weight is 238 g/mol. The van der Waals surface area contributed by atoms with E-state index in [0.717, 1.165) is 25.9 Å². The van der Waals surface area contributed by atoms with E-state index >= 15 is 0 Å². The molecule has 15 heavy (non-hydrogen) atoms. The van der Waals surface area contributed by atoms with Crippen LogP contribution < -0.4 is 5.73 Å². The molecular formula is C10H8ClN3S. The Morgan fingerprint density at radius 1 is 1.47 bits per heavy atom. The third-order valence-electron chi connectivity index (χ3n) is 2.32. The fourth-order valence-corrected chi connectivity index (χ4v) is 2.92. The molecule has 1 aromatic carbocycles. The minimum absolute atomic E-state index is 0.476. The van der Waals surface area contributed by atoms with Gasteiger partial charge in [0.15, 0.2) is 4.96 Å². The predicted molar refractivity (Wildman–Crippen MR) is 63.5 cm³/mol. The molecule has 0 aliphatic heterocycles. The molecule has 0 radical (unpaired) electrons. The Kier molecular flexibility index (Phi) is 1.95. The van der Waals surface area contributed by atoms with E-state index in [9.17, 15) is 0 Å². The second kappa shape index (κ2) is 3.20. The van der Waals surface area contributed by atoms with Crippen molar-refractivity contribution in [3.05, 3.63) is 35.1 Å². The number of benzene rings is 1. The lowest BCUT2D eigenvalue weighted by molar-refractivity contribution is 1.02. The minimum Gasteiger partial charge on any atom is -0.325 e. The number of hydrogen-bond acceptors (Lipinski definition) is 3. The molecule has 3 aromatic rings. The number of halogens is 1. The summed E-state index contributed by atoms with van der Waals surface area (Å²) in [5.41, 5.74) is 7.59. The SMILES string of the molecule is NCc1cn2c(n1)sc1cc(Cl)ccc12. The van der Waals surface area contributed by atoms with Gasteiger partial charge in [-0.05, 0) is 18.2 Å². The maximum absolute atomic E-state index is 5.93. The van der Waals surface area contributed by atoms with Gasteiger partial charge in [-0.1, -0.05) is 22.9 Å². The van der Waals surface area contributed by atoms with Crippen molar-refractivity contribution in [2.45, 2.75) is 6.54 Å². The number of aromatic nitrogens is 2. The Bertz CT molecular complexity index is 640. The van der Waals surface area contributed by atoms with Crippen LogP contribution in [0.2, 0.25) is 5.02 Å². The molecule has 0 bridgehead atoms. The summed E-state index contributed by atoms with van der Waals surface area (Å²) >= 11 is 7.55. The summed E-state index contributed by atoms with van der Waals surface area (Å²) in [7, 11) is 0. The van der Waals surface area contributed by atoms with E-state index in [4.69, 9.17) is 17.3 Å². The molecule has 0 fully saturated rings. The molecule has 3 nitrogen and oxygen atoms in total. The third kappa shape index (κ3) is 1.33. The lowest BCUT2D eigenvalue weighted by atomic mass is 10.3. The molecule has 5 heteroatoms. The molecule has 2 N–H and O–H groups in total. The van der Waals surface area contributed by atoms with Crippen LogP contribution in [-0.4, -0.2) is 9.38 Å². The van der Waals surface area contributed by atoms with E-state index in [1.54, 1.807) is 11.3 Å². The van der Waals surface area contributed by atoms with Gasteiger partial charge in [0.25, 0.3) is 0 Å². The maximum atomic E-state index is 5.93. The first-order valence-corrected chi connectivity index (χ1v) is 5.73. The second-order valence-electron chi connectivity index (χ2n) is 3.30. The van der Waals surface area contributed by atoms with Gasteiger partial charge in [0, 0.05) is 17.8 Å². The van der Waals surface area contributed by atoms with Gasteiger partial charge in [0.1, 0.15) is 0 Å². The zero-order valence-electron chi connectivity index (χ0n) is 7.77. The number of thiazole rings is 1. The number of rotatable bonds is 1. The van der Waals surface area contributed by atoms with Gasteiger partial charge in [-0.2, -0.15) is 0 Å². The number of imidazole rings is 1. The van der Waals surface area contributed by atoms with Crippen molar-refractivity contribution in [2.24, 2.45) is 5.73 Å². The van der Waals surface area contributed by atoms with E-state index < -0.39 is 0 Å². The van der Waals surface area contributed by atoms with Crippen molar-refractivity contribution < 1.29 is 0 Å². The molecule has 0 aliphatic carbocycles. The van der Waals surface area contributed by atoms with Crippen LogP contribution in [0.4, 0.5) is 0 Å². The van der Waals surface area contributed by atoms with Gasteiger partial charge >= 0.3 is 0 Å². The second-order valence-corrected chi connectivity index (χ2v) is 4.75. The van der Waals surface area contributed by atoms with Gasteiger partial charge in [0.05, 0.1) is 15.9 Å². The lowest BCUT2D eigenvalue weighted by Crippen LogP contribution is -1.95. The normalized spacial score (nSPS) is 11.6. The van der Waals surface area contributed by atoms with Crippen LogP contribution in [0.3, 0.4) is 0 Å². The van der Waals surface area contributed by atoms with E-state index in [2.05, 4.69) is 9.38 Å². The monoisotopic (exact) mass is 237 g/mol. The molecular weight excluding hydrogens is 230 g/mol. The predicted octanol–water partition coefficient (Wildman–Crippen LogP) is 2.66. The molecule has 0 saturated carbocycles. The molecule has 0 amide bonds. The Balaban J connectivity index is 2.40. The summed E-state index contributed by atoms with van der Waals surface area (Å²) in [6.07, 6.45) is 1.97. The van der Waals surface area contributed by atoms with Crippen molar-refractivity contribution in [3.8, 4) is 0 Å². The Morgan fingerprint density at radius 2 is 2.33 bits per heavy atom. The highest BCUT2D eigenvalue weighted by Crippen LogP contribution is 2.28. The van der Waals surface area contributed by atoms with Crippen LogP contribution >= 0.6 is 22.9 Å². The zero-order valence-corrected chi connectivity index (χ0v) is 9.35. The number of hydrogen-bond donors (Lipinski definition) is 1. The largest absolute Gasteiger partial charge is 0.325 e. The van der Waals surface area contributed by atoms with E-state index in [-0.39, 0.29) is 0 Å². The van der Waals surface area contributed by atoms with Crippen LogP contribution in [-0.2, 0) is 6.54 Å². The van der Waals surface area contributed by atoms with Crippen molar-refractivity contribution in [1.29, 1.82) is 0 Å². The summed E-state index contributed by atoms with van der Waals surface area (Å²) in [6, 6.07) is 5.85. The first kappa shape index (κ1) is 9.15. The van der Waals surface area contributed by atoms with Crippen molar-refractivity contribution in [2.75, 3.05) is 0 Å². The highest BCUT2D eigenvalue weighted by molar-refractivity contribution is 7.23.